The summed E-state index contributed by atoms with van der Waals surface area (Å²) in [4.78, 5) is 11.5. The highest BCUT2D eigenvalue weighted by atomic mass is 16.5. The van der Waals surface area contributed by atoms with Crippen LogP contribution in [0.3, 0.4) is 0 Å². The maximum atomic E-state index is 11.5. The Morgan fingerprint density at radius 1 is 1.21 bits per heavy atom. The van der Waals surface area contributed by atoms with Crippen LogP contribution < -0.4 is 25.3 Å². The molecule has 1 amide bonds. The van der Waals surface area contributed by atoms with Gasteiger partial charge in [0.25, 0.3) is 0 Å². The van der Waals surface area contributed by atoms with Gasteiger partial charge in [0.2, 0.25) is 5.91 Å². The van der Waals surface area contributed by atoms with Crippen molar-refractivity contribution in [3.63, 3.8) is 0 Å². The summed E-state index contributed by atoms with van der Waals surface area (Å²) in [6.45, 7) is 1.90. The Kier molecular flexibility index (Phi) is 5.44. The number of rotatable bonds is 6. The van der Waals surface area contributed by atoms with E-state index in [2.05, 4.69) is 5.32 Å². The molecule has 0 bridgehead atoms. The number of amides is 1. The predicted octanol–water partition coefficient (Wildman–Crippen LogP) is 0.676. The van der Waals surface area contributed by atoms with Crippen LogP contribution in [0.25, 0.3) is 0 Å². The van der Waals surface area contributed by atoms with Crippen molar-refractivity contribution < 1.29 is 19.0 Å². The average Bonchev–Trinajstić information content (AvgIpc) is 2.43. The van der Waals surface area contributed by atoms with Crippen molar-refractivity contribution in [2.45, 2.75) is 19.5 Å². The van der Waals surface area contributed by atoms with Gasteiger partial charge in [-0.05, 0) is 6.92 Å². The first-order valence-corrected chi connectivity index (χ1v) is 5.85. The van der Waals surface area contributed by atoms with Gasteiger partial charge in [0.05, 0.1) is 39.5 Å². The zero-order chi connectivity index (χ0) is 14.4. The number of benzene rings is 1. The molecule has 3 N–H and O–H groups in total. The average molecular weight is 268 g/mol. The van der Waals surface area contributed by atoms with Gasteiger partial charge in [-0.1, -0.05) is 0 Å². The Morgan fingerprint density at radius 3 is 2.11 bits per heavy atom. The summed E-state index contributed by atoms with van der Waals surface area (Å²) in [5, 5.41) is 2.72. The second-order valence-corrected chi connectivity index (χ2v) is 4.02. The Labute approximate surface area is 112 Å². The molecule has 0 aromatic heterocycles. The molecule has 0 radical (unpaired) electrons. The molecule has 0 heterocycles. The summed E-state index contributed by atoms with van der Waals surface area (Å²) in [7, 11) is 4.65. The fraction of sp³-hybridized carbons (Fsp3) is 0.462. The lowest BCUT2D eigenvalue weighted by atomic mass is 10.1. The molecule has 0 spiro atoms. The number of ether oxygens (including phenoxy) is 3. The Bertz CT molecular complexity index is 421. The molecule has 1 aromatic rings. The molecule has 0 saturated heterocycles. The van der Waals surface area contributed by atoms with Crippen LogP contribution in [0.1, 0.15) is 12.5 Å². The van der Waals surface area contributed by atoms with Gasteiger partial charge in [0.15, 0.2) is 0 Å². The zero-order valence-corrected chi connectivity index (χ0v) is 11.6. The molecule has 106 valence electrons. The molecule has 0 fully saturated rings. The van der Waals surface area contributed by atoms with Gasteiger partial charge < -0.3 is 25.3 Å². The molecule has 19 heavy (non-hydrogen) atoms. The van der Waals surface area contributed by atoms with E-state index in [9.17, 15) is 4.79 Å². The van der Waals surface area contributed by atoms with Crippen molar-refractivity contribution in [1.82, 2.24) is 5.32 Å². The summed E-state index contributed by atoms with van der Waals surface area (Å²) in [5.74, 6) is 1.55. The number of carbonyl (C=O) groups excluding carboxylic acids is 1. The lowest BCUT2D eigenvalue weighted by Crippen LogP contribution is -2.37. The van der Waals surface area contributed by atoms with E-state index in [0.717, 1.165) is 5.56 Å². The second-order valence-electron chi connectivity index (χ2n) is 4.02. The van der Waals surface area contributed by atoms with Gasteiger partial charge in [0, 0.05) is 12.1 Å². The Balaban J connectivity index is 3.00. The van der Waals surface area contributed by atoms with Crippen molar-refractivity contribution >= 4 is 5.91 Å². The standard InChI is InChI=1S/C13H20N2O4/c1-8(14)13(16)15-7-10-11(18-3)5-9(17-2)6-12(10)19-4/h5-6,8H,7,14H2,1-4H3,(H,15,16). The largest absolute Gasteiger partial charge is 0.496 e. The van der Waals surface area contributed by atoms with Crippen LogP contribution in [0, 0.1) is 0 Å². The summed E-state index contributed by atoms with van der Waals surface area (Å²) in [6, 6.07) is 2.90. The highest BCUT2D eigenvalue weighted by Gasteiger charge is 2.15. The fourth-order valence-electron chi connectivity index (χ4n) is 1.59. The quantitative estimate of drug-likeness (QED) is 0.792. The van der Waals surface area contributed by atoms with E-state index in [-0.39, 0.29) is 12.5 Å². The third kappa shape index (κ3) is 3.75. The molecule has 1 atom stereocenters. The molecular formula is C13H20N2O4. The maximum Gasteiger partial charge on any atom is 0.236 e. The zero-order valence-electron chi connectivity index (χ0n) is 11.6. The molecule has 1 unspecified atom stereocenters. The van der Waals surface area contributed by atoms with Crippen molar-refractivity contribution in [3.8, 4) is 17.2 Å². The van der Waals surface area contributed by atoms with Crippen molar-refractivity contribution in [2.75, 3.05) is 21.3 Å². The first-order chi connectivity index (χ1) is 9.03. The summed E-state index contributed by atoms with van der Waals surface area (Å²) >= 11 is 0. The summed E-state index contributed by atoms with van der Waals surface area (Å²) in [5.41, 5.74) is 6.23. The number of hydrogen-bond acceptors (Lipinski definition) is 5. The highest BCUT2D eigenvalue weighted by molar-refractivity contribution is 5.81. The van der Waals surface area contributed by atoms with Crippen molar-refractivity contribution in [1.29, 1.82) is 0 Å². The van der Waals surface area contributed by atoms with Crippen molar-refractivity contribution in [3.05, 3.63) is 17.7 Å². The van der Waals surface area contributed by atoms with E-state index in [1.54, 1.807) is 40.4 Å². The minimum atomic E-state index is -0.560. The van der Waals surface area contributed by atoms with Crippen LogP contribution in [0.2, 0.25) is 0 Å². The van der Waals surface area contributed by atoms with Crippen molar-refractivity contribution in [2.24, 2.45) is 5.73 Å². The van der Waals surface area contributed by atoms with E-state index in [1.807, 2.05) is 0 Å². The van der Waals surface area contributed by atoms with Gasteiger partial charge in [-0.2, -0.15) is 0 Å². The molecule has 6 nitrogen and oxygen atoms in total. The summed E-state index contributed by atoms with van der Waals surface area (Å²) < 4.78 is 15.7. The Morgan fingerprint density at radius 2 is 1.74 bits per heavy atom. The van der Waals surface area contributed by atoms with Crippen LogP contribution in [0.15, 0.2) is 12.1 Å². The van der Waals surface area contributed by atoms with Crippen LogP contribution in [0.4, 0.5) is 0 Å². The van der Waals surface area contributed by atoms with Crippen LogP contribution in [-0.2, 0) is 11.3 Å². The number of hydrogen-bond donors (Lipinski definition) is 2. The lowest BCUT2D eigenvalue weighted by molar-refractivity contribution is -0.122. The first-order valence-electron chi connectivity index (χ1n) is 5.85. The number of methoxy groups -OCH3 is 3. The highest BCUT2D eigenvalue weighted by Crippen LogP contribution is 2.33. The monoisotopic (exact) mass is 268 g/mol. The van der Waals surface area contributed by atoms with E-state index in [0.29, 0.717) is 17.2 Å². The fourth-order valence-corrected chi connectivity index (χ4v) is 1.59. The number of nitrogens with two attached hydrogens (primary N) is 1. The molecule has 0 aliphatic rings. The Hall–Kier alpha value is -1.95. The molecule has 0 aliphatic carbocycles. The van der Waals surface area contributed by atoms with E-state index >= 15 is 0 Å². The second kappa shape index (κ2) is 6.84. The number of carbonyl (C=O) groups is 1. The van der Waals surface area contributed by atoms with E-state index in [4.69, 9.17) is 19.9 Å². The molecule has 6 heteroatoms. The normalized spacial score (nSPS) is 11.6. The van der Waals surface area contributed by atoms with Crippen LogP contribution >= 0.6 is 0 Å². The van der Waals surface area contributed by atoms with Gasteiger partial charge in [-0.3, -0.25) is 4.79 Å². The van der Waals surface area contributed by atoms with Crippen LogP contribution in [0.5, 0.6) is 17.2 Å². The number of nitrogens with one attached hydrogen (secondary N) is 1. The van der Waals surface area contributed by atoms with Crippen LogP contribution in [-0.4, -0.2) is 33.3 Å². The van der Waals surface area contributed by atoms with E-state index in [1.165, 1.54) is 0 Å². The first kappa shape index (κ1) is 15.1. The molecule has 1 rings (SSSR count). The molecule has 0 saturated carbocycles. The topological polar surface area (TPSA) is 82.8 Å². The van der Waals surface area contributed by atoms with Gasteiger partial charge in [0.1, 0.15) is 17.2 Å². The minimum Gasteiger partial charge on any atom is -0.496 e. The van der Waals surface area contributed by atoms with Gasteiger partial charge in [-0.25, -0.2) is 0 Å². The maximum absolute atomic E-state index is 11.5. The third-order valence-corrected chi connectivity index (χ3v) is 2.67. The lowest BCUT2D eigenvalue weighted by Gasteiger charge is -2.16. The smallest absolute Gasteiger partial charge is 0.236 e. The minimum absolute atomic E-state index is 0.236. The third-order valence-electron chi connectivity index (χ3n) is 2.67. The van der Waals surface area contributed by atoms with E-state index < -0.39 is 6.04 Å². The predicted molar refractivity (Wildman–Crippen MR) is 71.6 cm³/mol. The molecule has 1 aromatic carbocycles. The molecular weight excluding hydrogens is 248 g/mol. The van der Waals surface area contributed by atoms with Gasteiger partial charge >= 0.3 is 0 Å². The SMILES string of the molecule is COc1cc(OC)c(CNC(=O)C(C)N)c(OC)c1. The summed E-state index contributed by atoms with van der Waals surface area (Å²) in [6.07, 6.45) is 0. The molecule has 0 aliphatic heterocycles. The van der Waals surface area contributed by atoms with Gasteiger partial charge in [-0.15, -0.1) is 0 Å².